The number of aromatic amines is 1. The number of aromatic nitrogens is 2. The average molecular weight is 250 g/mol. The molecule has 17 heavy (non-hydrogen) atoms. The topological polar surface area (TPSA) is 62.8 Å². The third-order valence-electron chi connectivity index (χ3n) is 2.59. The molecule has 0 atom stereocenters. The summed E-state index contributed by atoms with van der Waals surface area (Å²) in [6.45, 7) is 1.66. The molecule has 0 fully saturated rings. The van der Waals surface area contributed by atoms with Crippen molar-refractivity contribution in [2.75, 3.05) is 5.75 Å². The molecule has 4 nitrogen and oxygen atoms in total. The van der Waals surface area contributed by atoms with Gasteiger partial charge in [0, 0.05) is 23.7 Å². The van der Waals surface area contributed by atoms with Gasteiger partial charge in [-0.25, -0.2) is 13.4 Å². The lowest BCUT2D eigenvalue weighted by molar-refractivity contribution is 0.596. The van der Waals surface area contributed by atoms with Crippen LogP contribution in [0.25, 0.3) is 11.4 Å². The highest BCUT2D eigenvalue weighted by Gasteiger charge is 2.13. The average Bonchev–Trinajstić information content (AvgIpc) is 2.83. The summed E-state index contributed by atoms with van der Waals surface area (Å²) in [6.07, 6.45) is 3.38. The second-order valence-electron chi connectivity index (χ2n) is 3.77. The minimum Gasteiger partial charge on any atom is -0.345 e. The van der Waals surface area contributed by atoms with E-state index < -0.39 is 9.84 Å². The zero-order valence-electron chi connectivity index (χ0n) is 9.55. The molecule has 0 unspecified atom stereocenters. The highest BCUT2D eigenvalue weighted by molar-refractivity contribution is 7.90. The molecule has 0 saturated carbocycles. The summed E-state index contributed by atoms with van der Waals surface area (Å²) in [6, 6.07) is 7.41. The van der Waals surface area contributed by atoms with Gasteiger partial charge in [0.15, 0.2) is 9.84 Å². The Labute approximate surface area is 101 Å². The first kappa shape index (κ1) is 11.9. The molecular formula is C12H14N2O2S. The quantitative estimate of drug-likeness (QED) is 0.902. The van der Waals surface area contributed by atoms with E-state index in [0.717, 1.165) is 11.1 Å². The molecule has 0 amide bonds. The summed E-state index contributed by atoms with van der Waals surface area (Å²) < 4.78 is 23.3. The number of sulfone groups is 1. The normalized spacial score (nSPS) is 11.6. The van der Waals surface area contributed by atoms with Crippen LogP contribution in [0.2, 0.25) is 0 Å². The highest BCUT2D eigenvalue weighted by Crippen LogP contribution is 2.21. The van der Waals surface area contributed by atoms with Crippen LogP contribution in [0.5, 0.6) is 0 Å². The lowest BCUT2D eigenvalue weighted by atomic mass is 10.1. The molecule has 2 aromatic rings. The summed E-state index contributed by atoms with van der Waals surface area (Å²) in [7, 11) is -3.03. The Kier molecular flexibility index (Phi) is 3.28. The van der Waals surface area contributed by atoms with Crippen LogP contribution in [0.3, 0.4) is 0 Å². The van der Waals surface area contributed by atoms with E-state index in [9.17, 15) is 8.42 Å². The summed E-state index contributed by atoms with van der Waals surface area (Å²) >= 11 is 0. The maximum atomic E-state index is 11.7. The smallest absolute Gasteiger partial charge is 0.154 e. The first-order valence-corrected chi connectivity index (χ1v) is 7.22. The zero-order valence-corrected chi connectivity index (χ0v) is 10.4. The minimum atomic E-state index is -3.03. The molecule has 0 bridgehead atoms. The van der Waals surface area contributed by atoms with Crippen LogP contribution in [-0.4, -0.2) is 24.1 Å². The maximum absolute atomic E-state index is 11.7. The van der Waals surface area contributed by atoms with Crippen molar-refractivity contribution in [2.45, 2.75) is 12.7 Å². The predicted molar refractivity (Wildman–Crippen MR) is 67.2 cm³/mol. The molecule has 0 aliphatic carbocycles. The zero-order chi connectivity index (χ0) is 12.3. The van der Waals surface area contributed by atoms with E-state index in [4.69, 9.17) is 0 Å². The second-order valence-corrected chi connectivity index (χ2v) is 6.12. The molecule has 1 heterocycles. The predicted octanol–water partition coefficient (Wildman–Crippen LogP) is 2.01. The van der Waals surface area contributed by atoms with Gasteiger partial charge >= 0.3 is 0 Å². The molecule has 90 valence electrons. The van der Waals surface area contributed by atoms with Gasteiger partial charge in [0.05, 0.1) is 5.75 Å². The van der Waals surface area contributed by atoms with Gasteiger partial charge in [-0.3, -0.25) is 0 Å². The van der Waals surface area contributed by atoms with Gasteiger partial charge in [0.1, 0.15) is 5.82 Å². The molecule has 1 aromatic carbocycles. The van der Waals surface area contributed by atoms with Crippen LogP contribution in [-0.2, 0) is 15.6 Å². The minimum absolute atomic E-state index is 0.0559. The van der Waals surface area contributed by atoms with Crippen LogP contribution in [0.4, 0.5) is 0 Å². The maximum Gasteiger partial charge on any atom is 0.154 e. The summed E-state index contributed by atoms with van der Waals surface area (Å²) in [5.41, 5.74) is 1.62. The van der Waals surface area contributed by atoms with Crippen LogP contribution < -0.4 is 0 Å². The van der Waals surface area contributed by atoms with E-state index in [1.54, 1.807) is 19.3 Å². The van der Waals surface area contributed by atoms with Crippen LogP contribution in [0.15, 0.2) is 36.7 Å². The van der Waals surface area contributed by atoms with Crippen molar-refractivity contribution in [1.29, 1.82) is 0 Å². The van der Waals surface area contributed by atoms with Gasteiger partial charge in [-0.2, -0.15) is 0 Å². The largest absolute Gasteiger partial charge is 0.345 e. The number of hydrogen-bond donors (Lipinski definition) is 1. The molecule has 0 spiro atoms. The van der Waals surface area contributed by atoms with Crippen molar-refractivity contribution in [3.63, 3.8) is 0 Å². The Balaban J connectivity index is 2.42. The summed E-state index contributed by atoms with van der Waals surface area (Å²) in [4.78, 5) is 7.14. The van der Waals surface area contributed by atoms with Gasteiger partial charge in [-0.1, -0.05) is 31.2 Å². The van der Waals surface area contributed by atoms with E-state index in [-0.39, 0.29) is 11.5 Å². The number of rotatable bonds is 4. The fourth-order valence-corrected chi connectivity index (χ4v) is 2.56. The van der Waals surface area contributed by atoms with Gasteiger partial charge in [-0.05, 0) is 5.56 Å². The Hall–Kier alpha value is -1.62. The standard InChI is InChI=1S/C12H14N2O2S/c1-2-17(15,16)9-10-5-3-4-6-11(10)12-13-7-8-14-12/h3-8H,2,9H2,1H3,(H,13,14). The van der Waals surface area contributed by atoms with Gasteiger partial charge in [0.2, 0.25) is 0 Å². The number of benzene rings is 1. The molecule has 0 aliphatic rings. The molecule has 0 radical (unpaired) electrons. The first-order valence-electron chi connectivity index (χ1n) is 5.40. The van der Waals surface area contributed by atoms with Crippen LogP contribution in [0, 0.1) is 0 Å². The van der Waals surface area contributed by atoms with Gasteiger partial charge in [-0.15, -0.1) is 0 Å². The molecule has 5 heteroatoms. The lowest BCUT2D eigenvalue weighted by Gasteiger charge is -2.07. The van der Waals surface area contributed by atoms with Crippen molar-refractivity contribution in [1.82, 2.24) is 9.97 Å². The Morgan fingerprint density at radius 1 is 1.29 bits per heavy atom. The fourth-order valence-electron chi connectivity index (χ4n) is 1.63. The molecule has 1 N–H and O–H groups in total. The lowest BCUT2D eigenvalue weighted by Crippen LogP contribution is -2.07. The third kappa shape index (κ3) is 2.74. The number of imidazole rings is 1. The number of nitrogens with one attached hydrogen (secondary N) is 1. The van der Waals surface area contributed by atoms with Crippen molar-refractivity contribution in [3.8, 4) is 11.4 Å². The van der Waals surface area contributed by atoms with Crippen LogP contribution in [0.1, 0.15) is 12.5 Å². The van der Waals surface area contributed by atoms with E-state index in [0.29, 0.717) is 5.82 Å². The monoisotopic (exact) mass is 250 g/mol. The highest BCUT2D eigenvalue weighted by atomic mass is 32.2. The Bertz CT molecular complexity index is 589. The number of nitrogens with zero attached hydrogens (tertiary/aromatic N) is 1. The van der Waals surface area contributed by atoms with Gasteiger partial charge < -0.3 is 4.98 Å². The van der Waals surface area contributed by atoms with E-state index in [2.05, 4.69) is 9.97 Å². The van der Waals surface area contributed by atoms with E-state index >= 15 is 0 Å². The summed E-state index contributed by atoms with van der Waals surface area (Å²) in [5, 5.41) is 0. The second kappa shape index (κ2) is 4.71. The van der Waals surface area contributed by atoms with Crippen molar-refractivity contribution in [2.24, 2.45) is 0 Å². The van der Waals surface area contributed by atoms with Crippen LogP contribution >= 0.6 is 0 Å². The Morgan fingerprint density at radius 2 is 2.06 bits per heavy atom. The SMILES string of the molecule is CCS(=O)(=O)Cc1ccccc1-c1ncc[nH]1. The Morgan fingerprint density at radius 3 is 2.71 bits per heavy atom. The van der Waals surface area contributed by atoms with Crippen molar-refractivity contribution >= 4 is 9.84 Å². The van der Waals surface area contributed by atoms with Crippen molar-refractivity contribution in [3.05, 3.63) is 42.2 Å². The first-order chi connectivity index (χ1) is 8.12. The molecule has 1 aromatic heterocycles. The molecular weight excluding hydrogens is 236 g/mol. The molecule has 0 saturated heterocycles. The number of hydrogen-bond acceptors (Lipinski definition) is 3. The number of H-pyrrole nitrogens is 1. The fraction of sp³-hybridized carbons (Fsp3) is 0.250. The molecule has 0 aliphatic heterocycles. The van der Waals surface area contributed by atoms with E-state index in [1.807, 2.05) is 24.3 Å². The van der Waals surface area contributed by atoms with E-state index in [1.165, 1.54) is 0 Å². The molecule has 2 rings (SSSR count). The summed E-state index contributed by atoms with van der Waals surface area (Å²) in [5.74, 6) is 0.909. The van der Waals surface area contributed by atoms with Gasteiger partial charge in [0.25, 0.3) is 0 Å². The third-order valence-corrected chi connectivity index (χ3v) is 4.22. The van der Waals surface area contributed by atoms with Crippen molar-refractivity contribution < 1.29 is 8.42 Å².